The van der Waals surface area contributed by atoms with E-state index in [9.17, 15) is 4.39 Å². The summed E-state index contributed by atoms with van der Waals surface area (Å²) in [6.45, 7) is 0.800. The van der Waals surface area contributed by atoms with E-state index in [1.54, 1.807) is 17.8 Å². The molecule has 3 nitrogen and oxygen atoms in total. The number of benzene rings is 1. The maximum absolute atomic E-state index is 13.6. The molecule has 0 aliphatic rings. The van der Waals surface area contributed by atoms with Crippen molar-refractivity contribution < 1.29 is 9.13 Å². The first-order chi connectivity index (χ1) is 8.71. The summed E-state index contributed by atoms with van der Waals surface area (Å²) in [6.07, 6.45) is 2.04. The monoisotopic (exact) mass is 288 g/mol. The standard InChI is InChI=1S/C12H14ClFN2OS/c1-17-11-6-10-9(5-8(11)14)15-12(7-13)16(10)3-4-18-2/h5-6H,3-4,7H2,1-2H3. The normalized spacial score (nSPS) is 11.1. The van der Waals surface area contributed by atoms with Crippen molar-refractivity contribution in [3.05, 3.63) is 23.8 Å². The van der Waals surface area contributed by atoms with Gasteiger partial charge in [0.15, 0.2) is 11.6 Å². The molecule has 0 aliphatic heterocycles. The number of nitrogens with zero attached hydrogens (tertiary/aromatic N) is 2. The van der Waals surface area contributed by atoms with Gasteiger partial charge in [-0.15, -0.1) is 11.6 Å². The highest BCUT2D eigenvalue weighted by Crippen LogP contribution is 2.26. The first-order valence-electron chi connectivity index (χ1n) is 5.48. The Morgan fingerprint density at radius 1 is 1.50 bits per heavy atom. The Hall–Kier alpha value is -0.940. The number of aromatic nitrogens is 2. The number of hydrogen-bond acceptors (Lipinski definition) is 3. The summed E-state index contributed by atoms with van der Waals surface area (Å²) < 4.78 is 20.6. The number of rotatable bonds is 5. The second kappa shape index (κ2) is 5.80. The average molecular weight is 289 g/mol. The second-order valence-corrected chi connectivity index (χ2v) is 5.03. The zero-order valence-corrected chi connectivity index (χ0v) is 11.8. The van der Waals surface area contributed by atoms with Crippen LogP contribution in [0.5, 0.6) is 5.75 Å². The minimum atomic E-state index is -0.402. The number of fused-ring (bicyclic) bond motifs is 1. The zero-order chi connectivity index (χ0) is 13.1. The van der Waals surface area contributed by atoms with Gasteiger partial charge in [0, 0.05) is 24.4 Å². The van der Waals surface area contributed by atoms with Gasteiger partial charge in [-0.1, -0.05) is 0 Å². The lowest BCUT2D eigenvalue weighted by atomic mass is 10.3. The first kappa shape index (κ1) is 13.5. The van der Waals surface area contributed by atoms with E-state index < -0.39 is 5.82 Å². The van der Waals surface area contributed by atoms with Gasteiger partial charge in [-0.05, 0) is 6.26 Å². The SMILES string of the molecule is COc1cc2c(cc1F)nc(CCl)n2CCSC. The number of methoxy groups -OCH3 is 1. The van der Waals surface area contributed by atoms with Gasteiger partial charge in [-0.25, -0.2) is 9.37 Å². The zero-order valence-electron chi connectivity index (χ0n) is 10.2. The van der Waals surface area contributed by atoms with Crippen LogP contribution in [0.15, 0.2) is 12.1 Å². The van der Waals surface area contributed by atoms with E-state index in [4.69, 9.17) is 16.3 Å². The molecular weight excluding hydrogens is 275 g/mol. The van der Waals surface area contributed by atoms with Crippen LogP contribution in [0.25, 0.3) is 11.0 Å². The number of aryl methyl sites for hydroxylation is 1. The molecule has 1 heterocycles. The molecule has 1 aromatic carbocycles. The van der Waals surface area contributed by atoms with Gasteiger partial charge >= 0.3 is 0 Å². The van der Waals surface area contributed by atoms with E-state index in [-0.39, 0.29) is 5.75 Å². The number of imidazole rings is 1. The summed E-state index contributed by atoms with van der Waals surface area (Å²) in [7, 11) is 1.45. The van der Waals surface area contributed by atoms with Crippen LogP contribution in [0.4, 0.5) is 4.39 Å². The van der Waals surface area contributed by atoms with Gasteiger partial charge in [0.1, 0.15) is 5.82 Å². The van der Waals surface area contributed by atoms with Crippen molar-refractivity contribution in [2.75, 3.05) is 19.1 Å². The molecule has 0 saturated heterocycles. The molecule has 0 radical (unpaired) electrons. The maximum atomic E-state index is 13.6. The molecule has 0 N–H and O–H groups in total. The molecule has 0 atom stereocenters. The van der Waals surface area contributed by atoms with Crippen LogP contribution >= 0.6 is 23.4 Å². The summed E-state index contributed by atoms with van der Waals surface area (Å²) in [5, 5.41) is 0. The van der Waals surface area contributed by atoms with Gasteiger partial charge in [-0.2, -0.15) is 11.8 Å². The largest absolute Gasteiger partial charge is 0.494 e. The highest BCUT2D eigenvalue weighted by Gasteiger charge is 2.13. The molecule has 6 heteroatoms. The summed E-state index contributed by atoms with van der Waals surface area (Å²) in [6, 6.07) is 3.06. The molecule has 98 valence electrons. The molecule has 0 saturated carbocycles. The summed E-state index contributed by atoms with van der Waals surface area (Å²) >= 11 is 7.62. The number of thioether (sulfide) groups is 1. The fourth-order valence-corrected chi connectivity index (χ4v) is 2.44. The van der Waals surface area contributed by atoms with Gasteiger partial charge < -0.3 is 9.30 Å². The quantitative estimate of drug-likeness (QED) is 0.790. The van der Waals surface area contributed by atoms with Gasteiger partial charge in [0.2, 0.25) is 0 Å². The third-order valence-corrected chi connectivity index (χ3v) is 3.57. The first-order valence-corrected chi connectivity index (χ1v) is 7.41. The molecule has 2 rings (SSSR count). The van der Waals surface area contributed by atoms with E-state index in [1.807, 2.05) is 10.8 Å². The molecular formula is C12H14ClFN2OS. The van der Waals surface area contributed by atoms with Crippen LogP contribution in [0, 0.1) is 5.82 Å². The van der Waals surface area contributed by atoms with Crippen molar-refractivity contribution in [3.8, 4) is 5.75 Å². The van der Waals surface area contributed by atoms with Crippen LogP contribution in [-0.2, 0) is 12.4 Å². The summed E-state index contributed by atoms with van der Waals surface area (Å²) in [4.78, 5) is 4.35. The van der Waals surface area contributed by atoms with E-state index in [2.05, 4.69) is 4.98 Å². The van der Waals surface area contributed by atoms with Crippen LogP contribution in [0.1, 0.15) is 5.82 Å². The molecule has 18 heavy (non-hydrogen) atoms. The number of ether oxygens (including phenoxy) is 1. The van der Waals surface area contributed by atoms with E-state index in [0.717, 1.165) is 23.6 Å². The van der Waals surface area contributed by atoms with Crippen molar-refractivity contribution in [2.24, 2.45) is 0 Å². The highest BCUT2D eigenvalue weighted by atomic mass is 35.5. The Morgan fingerprint density at radius 2 is 2.28 bits per heavy atom. The van der Waals surface area contributed by atoms with Crippen molar-refractivity contribution in [3.63, 3.8) is 0 Å². The highest BCUT2D eigenvalue weighted by molar-refractivity contribution is 7.98. The fraction of sp³-hybridized carbons (Fsp3) is 0.417. The fourth-order valence-electron chi connectivity index (χ4n) is 1.87. The Balaban J connectivity index is 2.57. The van der Waals surface area contributed by atoms with Crippen LogP contribution in [-0.4, -0.2) is 28.7 Å². The van der Waals surface area contributed by atoms with Crippen molar-refractivity contribution >= 4 is 34.4 Å². The Labute approximate surface area is 114 Å². The van der Waals surface area contributed by atoms with Gasteiger partial charge in [0.05, 0.1) is 24.0 Å². The molecule has 0 bridgehead atoms. The number of hydrogen-bond donors (Lipinski definition) is 0. The topological polar surface area (TPSA) is 27.1 Å². The molecule has 0 aliphatic carbocycles. The Kier molecular flexibility index (Phi) is 4.35. The third-order valence-electron chi connectivity index (χ3n) is 2.74. The van der Waals surface area contributed by atoms with Crippen molar-refractivity contribution in [2.45, 2.75) is 12.4 Å². The predicted octanol–water partition coefficient (Wildman–Crippen LogP) is 3.29. The van der Waals surface area contributed by atoms with Gasteiger partial charge in [-0.3, -0.25) is 0 Å². The van der Waals surface area contributed by atoms with Gasteiger partial charge in [0.25, 0.3) is 0 Å². The van der Waals surface area contributed by atoms with Crippen molar-refractivity contribution in [1.82, 2.24) is 9.55 Å². The lowest BCUT2D eigenvalue weighted by Gasteiger charge is -2.07. The molecule has 1 aromatic heterocycles. The molecule has 2 aromatic rings. The average Bonchev–Trinajstić information content (AvgIpc) is 2.71. The van der Waals surface area contributed by atoms with E-state index in [1.165, 1.54) is 13.2 Å². The maximum Gasteiger partial charge on any atom is 0.167 e. The Morgan fingerprint density at radius 3 is 2.89 bits per heavy atom. The number of halogens is 2. The third kappa shape index (κ3) is 2.42. The molecule has 0 spiro atoms. The second-order valence-electron chi connectivity index (χ2n) is 3.78. The molecule has 0 amide bonds. The summed E-state index contributed by atoms with van der Waals surface area (Å²) in [5.74, 6) is 1.85. The van der Waals surface area contributed by atoms with Crippen LogP contribution in [0.3, 0.4) is 0 Å². The smallest absolute Gasteiger partial charge is 0.167 e. The van der Waals surface area contributed by atoms with Crippen LogP contribution in [0.2, 0.25) is 0 Å². The lowest BCUT2D eigenvalue weighted by molar-refractivity contribution is 0.387. The minimum Gasteiger partial charge on any atom is -0.494 e. The minimum absolute atomic E-state index is 0.230. The van der Waals surface area contributed by atoms with E-state index in [0.29, 0.717) is 11.4 Å². The van der Waals surface area contributed by atoms with Crippen LogP contribution < -0.4 is 4.74 Å². The predicted molar refractivity (Wildman–Crippen MR) is 74.2 cm³/mol. The lowest BCUT2D eigenvalue weighted by Crippen LogP contribution is -2.04. The van der Waals surface area contributed by atoms with E-state index >= 15 is 0 Å². The molecule has 0 unspecified atom stereocenters. The summed E-state index contributed by atoms with van der Waals surface area (Å²) in [5.41, 5.74) is 1.48. The Bertz CT molecular complexity index is 558. The van der Waals surface area contributed by atoms with Crippen molar-refractivity contribution in [1.29, 1.82) is 0 Å². The molecule has 0 fully saturated rings. The number of alkyl halides is 1.